The zero-order valence-corrected chi connectivity index (χ0v) is 16.2. The lowest BCUT2D eigenvalue weighted by molar-refractivity contribution is -0.143. The van der Waals surface area contributed by atoms with Crippen LogP contribution in [0, 0.1) is 0 Å². The van der Waals surface area contributed by atoms with Crippen molar-refractivity contribution >= 4 is 29.0 Å². The molecule has 0 saturated heterocycles. The third-order valence-electron chi connectivity index (χ3n) is 3.64. The second-order valence-corrected chi connectivity index (χ2v) is 8.20. The maximum atomic E-state index is 12.9. The van der Waals surface area contributed by atoms with Crippen molar-refractivity contribution in [2.75, 3.05) is 5.32 Å². The Hall–Kier alpha value is -2.56. The Kier molecular flexibility index (Phi) is 6.03. The second-order valence-electron chi connectivity index (χ2n) is 7.12. The summed E-state index contributed by atoms with van der Waals surface area (Å²) in [5.41, 5.74) is -4.15. The molecule has 1 aromatic heterocycles. The van der Waals surface area contributed by atoms with Gasteiger partial charge in [0, 0.05) is 10.6 Å². The predicted octanol–water partition coefficient (Wildman–Crippen LogP) is 6.05. The van der Waals surface area contributed by atoms with Gasteiger partial charge in [0.1, 0.15) is 0 Å². The van der Waals surface area contributed by atoms with E-state index in [1.807, 2.05) is 31.4 Å². The number of rotatable bonds is 2. The fourth-order valence-corrected chi connectivity index (χ4v) is 3.18. The highest BCUT2D eigenvalue weighted by Crippen LogP contribution is 2.37. The van der Waals surface area contributed by atoms with Crippen molar-refractivity contribution in [3.05, 3.63) is 51.2 Å². The quantitative estimate of drug-likeness (QED) is 0.562. The van der Waals surface area contributed by atoms with Crippen LogP contribution >= 0.6 is 11.3 Å². The molecule has 0 saturated carbocycles. The molecule has 2 aromatic rings. The number of amides is 3. The molecule has 0 unspecified atom stereocenters. The minimum atomic E-state index is -5.05. The fourth-order valence-electron chi connectivity index (χ4n) is 2.22. The summed E-state index contributed by atoms with van der Waals surface area (Å²) in [4.78, 5) is 25.1. The molecule has 0 atom stereocenters. The van der Waals surface area contributed by atoms with Gasteiger partial charge in [-0.25, -0.2) is 4.79 Å². The fraction of sp³-hybridized carbons (Fsp3) is 0.333. The van der Waals surface area contributed by atoms with E-state index < -0.39 is 41.1 Å². The van der Waals surface area contributed by atoms with Crippen LogP contribution in [-0.4, -0.2) is 11.9 Å². The number of benzene rings is 1. The van der Waals surface area contributed by atoms with Gasteiger partial charge in [-0.15, -0.1) is 11.3 Å². The number of thiophene rings is 1. The largest absolute Gasteiger partial charge is 0.416 e. The Morgan fingerprint density at radius 3 is 1.79 bits per heavy atom. The summed E-state index contributed by atoms with van der Waals surface area (Å²) < 4.78 is 77.1. The van der Waals surface area contributed by atoms with Crippen LogP contribution in [0.5, 0.6) is 0 Å². The van der Waals surface area contributed by atoms with Crippen LogP contribution in [0.15, 0.2) is 30.3 Å². The standard InChI is InChI=1S/C18H16F6N2O2S/c1-16(2,3)13-5-4-12(29-13)14(27)26-15(28)25-11-7-9(17(19,20)21)6-10(8-11)18(22,23)24/h4-8H,1-3H3,(H2,25,26,27,28). The van der Waals surface area contributed by atoms with E-state index in [0.717, 1.165) is 16.2 Å². The van der Waals surface area contributed by atoms with E-state index in [0.29, 0.717) is 12.1 Å². The summed E-state index contributed by atoms with van der Waals surface area (Å²) in [5.74, 6) is -0.828. The van der Waals surface area contributed by atoms with Crippen molar-refractivity contribution in [2.45, 2.75) is 38.5 Å². The molecule has 1 heterocycles. The Morgan fingerprint density at radius 2 is 1.38 bits per heavy atom. The van der Waals surface area contributed by atoms with Gasteiger partial charge in [-0.3, -0.25) is 10.1 Å². The van der Waals surface area contributed by atoms with Crippen molar-refractivity contribution in [3.8, 4) is 0 Å². The van der Waals surface area contributed by atoms with Crippen molar-refractivity contribution in [2.24, 2.45) is 0 Å². The van der Waals surface area contributed by atoms with E-state index in [1.165, 1.54) is 6.07 Å². The van der Waals surface area contributed by atoms with Crippen molar-refractivity contribution in [3.63, 3.8) is 0 Å². The number of imide groups is 1. The molecule has 2 N–H and O–H groups in total. The van der Waals surface area contributed by atoms with E-state index in [9.17, 15) is 35.9 Å². The number of halogens is 6. The highest BCUT2D eigenvalue weighted by atomic mass is 32.1. The minimum Gasteiger partial charge on any atom is -0.308 e. The van der Waals surface area contributed by atoms with Gasteiger partial charge in [-0.05, 0) is 35.7 Å². The molecule has 0 spiro atoms. The number of nitrogens with one attached hydrogen (secondary N) is 2. The van der Waals surface area contributed by atoms with Gasteiger partial charge in [0.25, 0.3) is 5.91 Å². The number of anilines is 1. The average molecular weight is 438 g/mol. The van der Waals surface area contributed by atoms with Gasteiger partial charge in [-0.2, -0.15) is 26.3 Å². The molecule has 0 radical (unpaired) electrons. The zero-order chi connectivity index (χ0) is 22.2. The van der Waals surface area contributed by atoms with E-state index in [1.54, 1.807) is 6.07 Å². The van der Waals surface area contributed by atoms with Crippen molar-refractivity contribution in [1.29, 1.82) is 0 Å². The van der Waals surface area contributed by atoms with Crippen LogP contribution in [0.1, 0.15) is 46.4 Å². The molecule has 0 aliphatic carbocycles. The maximum absolute atomic E-state index is 12.9. The summed E-state index contributed by atoms with van der Waals surface area (Å²) in [5, 5.41) is 3.72. The molecule has 2 rings (SSSR count). The average Bonchev–Trinajstić information content (AvgIpc) is 3.03. The van der Waals surface area contributed by atoms with Gasteiger partial charge in [0.15, 0.2) is 0 Å². The maximum Gasteiger partial charge on any atom is 0.416 e. The molecule has 0 aliphatic rings. The number of hydrogen-bond acceptors (Lipinski definition) is 3. The Labute approximate surface area is 165 Å². The lowest BCUT2D eigenvalue weighted by Crippen LogP contribution is -2.34. The van der Waals surface area contributed by atoms with Gasteiger partial charge >= 0.3 is 18.4 Å². The number of urea groups is 1. The highest BCUT2D eigenvalue weighted by molar-refractivity contribution is 7.14. The first-order valence-electron chi connectivity index (χ1n) is 8.09. The summed E-state index contributed by atoms with van der Waals surface area (Å²) in [6.45, 7) is 5.75. The lowest BCUT2D eigenvalue weighted by atomic mass is 9.95. The first kappa shape index (κ1) is 22.7. The third kappa shape index (κ3) is 5.96. The van der Waals surface area contributed by atoms with Crippen LogP contribution in [0.2, 0.25) is 0 Å². The molecule has 158 valence electrons. The molecular weight excluding hydrogens is 422 g/mol. The number of alkyl halides is 6. The number of hydrogen-bond donors (Lipinski definition) is 2. The van der Waals surface area contributed by atoms with Gasteiger partial charge < -0.3 is 5.32 Å². The molecule has 1 aromatic carbocycles. The van der Waals surface area contributed by atoms with Crippen LogP contribution in [0.3, 0.4) is 0 Å². The molecule has 3 amide bonds. The minimum absolute atomic E-state index is 0.0616. The molecule has 0 bridgehead atoms. The third-order valence-corrected chi connectivity index (χ3v) is 5.15. The topological polar surface area (TPSA) is 58.2 Å². The smallest absolute Gasteiger partial charge is 0.308 e. The Balaban J connectivity index is 2.19. The molecular formula is C18H16F6N2O2S. The first-order chi connectivity index (χ1) is 13.1. The van der Waals surface area contributed by atoms with Gasteiger partial charge in [0.05, 0.1) is 16.0 Å². The van der Waals surface area contributed by atoms with E-state index >= 15 is 0 Å². The molecule has 29 heavy (non-hydrogen) atoms. The monoisotopic (exact) mass is 438 g/mol. The number of carbonyl (C=O) groups is 2. The van der Waals surface area contributed by atoms with Crippen molar-refractivity contribution < 1.29 is 35.9 Å². The SMILES string of the molecule is CC(C)(C)c1ccc(C(=O)NC(=O)Nc2cc(C(F)(F)F)cc(C(F)(F)F)c2)s1. The van der Waals surface area contributed by atoms with Crippen LogP contribution in [-0.2, 0) is 17.8 Å². The molecule has 11 heteroatoms. The molecule has 0 fully saturated rings. The van der Waals surface area contributed by atoms with Crippen LogP contribution in [0.25, 0.3) is 0 Å². The molecule has 0 aliphatic heterocycles. The molecule has 4 nitrogen and oxygen atoms in total. The van der Waals surface area contributed by atoms with Crippen LogP contribution < -0.4 is 10.6 Å². The summed E-state index contributed by atoms with van der Waals surface area (Å²) in [6.07, 6.45) is -10.1. The van der Waals surface area contributed by atoms with Gasteiger partial charge in [0.2, 0.25) is 0 Å². The predicted molar refractivity (Wildman–Crippen MR) is 95.9 cm³/mol. The summed E-state index contributed by atoms with van der Waals surface area (Å²) in [7, 11) is 0. The summed E-state index contributed by atoms with van der Waals surface area (Å²) in [6, 6.07) is 2.55. The van der Waals surface area contributed by atoms with E-state index in [4.69, 9.17) is 0 Å². The summed E-state index contributed by atoms with van der Waals surface area (Å²) >= 11 is 1.12. The Morgan fingerprint density at radius 1 is 0.862 bits per heavy atom. The number of carbonyl (C=O) groups excluding carboxylic acids is 2. The van der Waals surface area contributed by atoms with Crippen molar-refractivity contribution in [1.82, 2.24) is 5.32 Å². The highest BCUT2D eigenvalue weighted by Gasteiger charge is 2.37. The normalized spacial score (nSPS) is 12.6. The van der Waals surface area contributed by atoms with Gasteiger partial charge in [-0.1, -0.05) is 20.8 Å². The van der Waals surface area contributed by atoms with E-state index in [2.05, 4.69) is 0 Å². The van der Waals surface area contributed by atoms with Crippen LogP contribution in [0.4, 0.5) is 36.8 Å². The second kappa shape index (κ2) is 7.69. The zero-order valence-electron chi connectivity index (χ0n) is 15.4. The lowest BCUT2D eigenvalue weighted by Gasteiger charge is -2.15. The van der Waals surface area contributed by atoms with E-state index in [-0.39, 0.29) is 16.4 Å². The Bertz CT molecular complexity index is 893. The first-order valence-corrected chi connectivity index (χ1v) is 8.91.